The van der Waals surface area contributed by atoms with Gasteiger partial charge in [0, 0.05) is 19.8 Å². The van der Waals surface area contributed by atoms with Crippen LogP contribution >= 0.6 is 24.0 Å². The average molecular weight is 358 g/mol. The number of pyridine rings is 1. The molecule has 8 heteroatoms. The number of fused-ring (bicyclic) bond motifs is 1. The molecule has 0 spiro atoms. The van der Waals surface area contributed by atoms with Gasteiger partial charge in [0.25, 0.3) is 11.5 Å². The van der Waals surface area contributed by atoms with Crippen LogP contribution in [0, 0.1) is 0 Å². The van der Waals surface area contributed by atoms with E-state index in [4.69, 9.17) is 12.2 Å². The molecule has 0 atom stereocenters. The molecule has 1 saturated heterocycles. The predicted octanol–water partition coefficient (Wildman–Crippen LogP) is 2.12. The number of anilines is 1. The minimum absolute atomic E-state index is 0.232. The number of thiocarbonyl (C=S) groups is 1. The first-order valence-corrected chi connectivity index (χ1v) is 8.34. The first-order valence-electron chi connectivity index (χ1n) is 7.12. The van der Waals surface area contributed by atoms with Gasteiger partial charge in [-0.1, -0.05) is 36.1 Å². The molecule has 0 saturated carbocycles. The van der Waals surface area contributed by atoms with Crippen molar-refractivity contribution in [2.45, 2.75) is 0 Å². The summed E-state index contributed by atoms with van der Waals surface area (Å²) in [7, 11) is 1.68. The van der Waals surface area contributed by atoms with Gasteiger partial charge in [-0.15, -0.1) is 6.58 Å². The van der Waals surface area contributed by atoms with Gasteiger partial charge in [-0.05, 0) is 18.2 Å². The summed E-state index contributed by atoms with van der Waals surface area (Å²) in [6, 6.07) is 5.30. The van der Waals surface area contributed by atoms with E-state index in [1.54, 1.807) is 43.6 Å². The van der Waals surface area contributed by atoms with Gasteiger partial charge in [0.15, 0.2) is 0 Å². The Bertz CT molecular complexity index is 949. The number of rotatable bonds is 4. The van der Waals surface area contributed by atoms with Crippen molar-refractivity contribution in [2.24, 2.45) is 0 Å². The second-order valence-electron chi connectivity index (χ2n) is 4.94. The van der Waals surface area contributed by atoms with Gasteiger partial charge in [-0.25, -0.2) is 4.98 Å². The summed E-state index contributed by atoms with van der Waals surface area (Å²) >= 11 is 6.38. The maximum atomic E-state index is 12.7. The standard InChI is InChI=1S/C16H14N4O2S2/c1-3-7-20-15(22)11(24-16(20)23)9-10-13(17-2)18-12-6-4-5-8-19(12)14(10)21/h3-6,8-9,17H,1,7H2,2H3. The summed E-state index contributed by atoms with van der Waals surface area (Å²) < 4.78 is 1.89. The Balaban J connectivity index is 2.15. The lowest BCUT2D eigenvalue weighted by Gasteiger charge is -2.10. The molecule has 3 rings (SSSR count). The van der Waals surface area contributed by atoms with Crippen molar-refractivity contribution in [1.82, 2.24) is 14.3 Å². The van der Waals surface area contributed by atoms with Crippen molar-refractivity contribution >= 4 is 51.7 Å². The van der Waals surface area contributed by atoms with Crippen molar-refractivity contribution < 1.29 is 4.79 Å². The number of carbonyl (C=O) groups is 1. The van der Waals surface area contributed by atoms with Gasteiger partial charge >= 0.3 is 0 Å². The zero-order valence-corrected chi connectivity index (χ0v) is 14.5. The van der Waals surface area contributed by atoms with Gasteiger partial charge in [0.05, 0.1) is 10.5 Å². The third-order valence-electron chi connectivity index (χ3n) is 3.47. The Morgan fingerprint density at radius 1 is 1.42 bits per heavy atom. The van der Waals surface area contributed by atoms with Crippen LogP contribution in [0.3, 0.4) is 0 Å². The van der Waals surface area contributed by atoms with Crippen LogP contribution < -0.4 is 10.9 Å². The lowest BCUT2D eigenvalue weighted by atomic mass is 10.2. The van der Waals surface area contributed by atoms with Crippen molar-refractivity contribution in [3.63, 3.8) is 0 Å². The smallest absolute Gasteiger partial charge is 0.267 e. The molecule has 0 aliphatic carbocycles. The van der Waals surface area contributed by atoms with E-state index >= 15 is 0 Å². The van der Waals surface area contributed by atoms with E-state index < -0.39 is 0 Å². The Morgan fingerprint density at radius 2 is 2.21 bits per heavy atom. The van der Waals surface area contributed by atoms with E-state index in [-0.39, 0.29) is 11.5 Å². The van der Waals surface area contributed by atoms with Crippen LogP contribution in [-0.2, 0) is 4.79 Å². The molecule has 6 nitrogen and oxygen atoms in total. The highest BCUT2D eigenvalue weighted by molar-refractivity contribution is 8.26. The topological polar surface area (TPSA) is 66.7 Å². The molecular weight excluding hydrogens is 344 g/mol. The molecule has 0 unspecified atom stereocenters. The molecule has 24 heavy (non-hydrogen) atoms. The SMILES string of the molecule is C=CCN1C(=O)C(=Cc2c(NC)nc3ccccn3c2=O)SC1=S. The van der Waals surface area contributed by atoms with E-state index in [0.29, 0.717) is 32.8 Å². The first kappa shape index (κ1) is 16.4. The lowest BCUT2D eigenvalue weighted by Crippen LogP contribution is -2.28. The van der Waals surface area contributed by atoms with Gasteiger partial charge in [-0.2, -0.15) is 0 Å². The molecule has 0 bridgehead atoms. The molecule has 122 valence electrons. The summed E-state index contributed by atoms with van der Waals surface area (Å²) in [4.78, 5) is 31.4. The van der Waals surface area contributed by atoms with Crippen LogP contribution in [0.5, 0.6) is 0 Å². The fraction of sp³-hybridized carbons (Fsp3) is 0.125. The van der Waals surface area contributed by atoms with Crippen LogP contribution in [0.4, 0.5) is 5.82 Å². The summed E-state index contributed by atoms with van der Waals surface area (Å²) in [5, 5.41) is 2.91. The van der Waals surface area contributed by atoms with E-state index in [1.165, 1.54) is 21.1 Å². The molecule has 3 heterocycles. The summed E-state index contributed by atoms with van der Waals surface area (Å²) in [5.74, 6) is 0.185. The van der Waals surface area contributed by atoms with Crippen LogP contribution in [-0.4, -0.2) is 38.1 Å². The van der Waals surface area contributed by atoms with Crippen LogP contribution in [0.25, 0.3) is 11.7 Å². The molecule has 2 aromatic rings. The van der Waals surface area contributed by atoms with Crippen molar-refractivity contribution in [2.75, 3.05) is 18.9 Å². The van der Waals surface area contributed by atoms with Gasteiger partial charge in [-0.3, -0.25) is 18.9 Å². The Labute approximate surface area is 147 Å². The Morgan fingerprint density at radius 3 is 2.92 bits per heavy atom. The highest BCUT2D eigenvalue weighted by Gasteiger charge is 2.31. The third-order valence-corrected chi connectivity index (χ3v) is 4.84. The summed E-state index contributed by atoms with van der Waals surface area (Å²) in [5.41, 5.74) is 0.599. The predicted molar refractivity (Wildman–Crippen MR) is 101 cm³/mol. The number of thioether (sulfide) groups is 1. The molecule has 0 aromatic carbocycles. The molecular formula is C16H14N4O2S2. The van der Waals surface area contributed by atoms with Crippen LogP contribution in [0.1, 0.15) is 5.56 Å². The average Bonchev–Trinajstić information content (AvgIpc) is 2.85. The molecule has 1 N–H and O–H groups in total. The summed E-state index contributed by atoms with van der Waals surface area (Å²) in [6.45, 7) is 3.97. The number of amides is 1. The minimum atomic E-state index is -0.251. The van der Waals surface area contributed by atoms with Gasteiger partial charge in [0.2, 0.25) is 0 Å². The maximum Gasteiger partial charge on any atom is 0.267 e. The molecule has 1 aliphatic heterocycles. The minimum Gasteiger partial charge on any atom is -0.372 e. The lowest BCUT2D eigenvalue weighted by molar-refractivity contribution is -0.121. The monoisotopic (exact) mass is 358 g/mol. The number of nitrogens with one attached hydrogen (secondary N) is 1. The molecule has 1 fully saturated rings. The number of hydrogen-bond donors (Lipinski definition) is 1. The van der Waals surface area contributed by atoms with Crippen molar-refractivity contribution in [3.8, 4) is 0 Å². The number of nitrogens with zero attached hydrogens (tertiary/aromatic N) is 3. The van der Waals surface area contributed by atoms with Crippen molar-refractivity contribution in [1.29, 1.82) is 0 Å². The van der Waals surface area contributed by atoms with Crippen LogP contribution in [0.15, 0.2) is 46.8 Å². The zero-order valence-electron chi connectivity index (χ0n) is 12.9. The second-order valence-corrected chi connectivity index (χ2v) is 6.61. The first-order chi connectivity index (χ1) is 11.6. The molecule has 1 amide bonds. The fourth-order valence-corrected chi connectivity index (χ4v) is 3.60. The number of aromatic nitrogens is 2. The maximum absolute atomic E-state index is 12.7. The van der Waals surface area contributed by atoms with E-state index in [0.717, 1.165) is 0 Å². The van der Waals surface area contributed by atoms with Gasteiger partial charge in [0.1, 0.15) is 15.8 Å². The molecule has 1 aliphatic rings. The largest absolute Gasteiger partial charge is 0.372 e. The molecule has 0 radical (unpaired) electrons. The Kier molecular flexibility index (Phi) is 4.50. The van der Waals surface area contributed by atoms with E-state index in [9.17, 15) is 9.59 Å². The number of hydrogen-bond acceptors (Lipinski definition) is 6. The number of carbonyl (C=O) groups excluding carboxylic acids is 1. The summed E-state index contributed by atoms with van der Waals surface area (Å²) in [6.07, 6.45) is 4.80. The van der Waals surface area contributed by atoms with Crippen LogP contribution in [0.2, 0.25) is 0 Å². The second kappa shape index (κ2) is 6.58. The normalized spacial score (nSPS) is 16.2. The van der Waals surface area contributed by atoms with Crippen molar-refractivity contribution in [3.05, 3.63) is 57.9 Å². The van der Waals surface area contributed by atoms with Gasteiger partial charge < -0.3 is 5.32 Å². The third kappa shape index (κ3) is 2.74. The van der Waals surface area contributed by atoms with E-state index in [1.807, 2.05) is 0 Å². The quantitative estimate of drug-likeness (QED) is 0.513. The Hall–Kier alpha value is -2.45. The zero-order chi connectivity index (χ0) is 17.3. The highest BCUT2D eigenvalue weighted by atomic mass is 32.2. The highest BCUT2D eigenvalue weighted by Crippen LogP contribution is 2.32. The van der Waals surface area contributed by atoms with E-state index in [2.05, 4.69) is 16.9 Å². The molecule has 2 aromatic heterocycles. The fourth-order valence-electron chi connectivity index (χ4n) is 2.34.